The zero-order valence-corrected chi connectivity index (χ0v) is 15.0. The lowest BCUT2D eigenvalue weighted by Gasteiger charge is -2.35. The van der Waals surface area contributed by atoms with E-state index in [-0.39, 0.29) is 17.9 Å². The zero-order chi connectivity index (χ0) is 17.5. The summed E-state index contributed by atoms with van der Waals surface area (Å²) in [5.74, 6) is 0.680. The Morgan fingerprint density at radius 1 is 1.33 bits per heavy atom. The molecular formula is C17H30N4O3. The van der Waals surface area contributed by atoms with Gasteiger partial charge in [0.1, 0.15) is 6.26 Å². The Morgan fingerprint density at radius 3 is 2.62 bits per heavy atom. The van der Waals surface area contributed by atoms with E-state index >= 15 is 0 Å². The first kappa shape index (κ1) is 18.9. The second-order valence-corrected chi connectivity index (χ2v) is 6.77. The number of aliphatic hydroxyl groups is 1. The van der Waals surface area contributed by atoms with Gasteiger partial charge in [-0.3, -0.25) is 14.6 Å². The fourth-order valence-electron chi connectivity index (χ4n) is 2.61. The first-order chi connectivity index (χ1) is 11.5. The van der Waals surface area contributed by atoms with Crippen LogP contribution in [0.15, 0.2) is 10.7 Å². The summed E-state index contributed by atoms with van der Waals surface area (Å²) < 4.78 is 5.42. The van der Waals surface area contributed by atoms with Crippen LogP contribution in [0.2, 0.25) is 0 Å². The van der Waals surface area contributed by atoms with E-state index in [1.165, 1.54) is 6.26 Å². The molecule has 1 unspecified atom stereocenters. The van der Waals surface area contributed by atoms with Crippen LogP contribution in [0.5, 0.6) is 0 Å². The Hall–Kier alpha value is -1.44. The van der Waals surface area contributed by atoms with Gasteiger partial charge in [0.15, 0.2) is 5.69 Å². The molecule has 136 valence electrons. The summed E-state index contributed by atoms with van der Waals surface area (Å²) in [7, 11) is 0. The van der Waals surface area contributed by atoms with E-state index in [0.29, 0.717) is 24.7 Å². The summed E-state index contributed by atoms with van der Waals surface area (Å²) in [4.78, 5) is 20.7. The van der Waals surface area contributed by atoms with Crippen molar-refractivity contribution in [3.8, 4) is 0 Å². The lowest BCUT2D eigenvalue weighted by Crippen LogP contribution is -2.48. The highest BCUT2D eigenvalue weighted by molar-refractivity contribution is 5.91. The highest BCUT2D eigenvalue weighted by atomic mass is 16.3. The van der Waals surface area contributed by atoms with E-state index in [1.807, 2.05) is 20.8 Å². The normalized spacial score (nSPS) is 18.0. The van der Waals surface area contributed by atoms with Gasteiger partial charge in [-0.05, 0) is 12.3 Å². The lowest BCUT2D eigenvalue weighted by molar-refractivity contribution is 0.0463. The van der Waals surface area contributed by atoms with Crippen LogP contribution in [0.3, 0.4) is 0 Å². The highest BCUT2D eigenvalue weighted by Gasteiger charge is 2.22. The van der Waals surface area contributed by atoms with Crippen LogP contribution >= 0.6 is 0 Å². The van der Waals surface area contributed by atoms with E-state index in [4.69, 9.17) is 4.42 Å². The number of carbonyl (C=O) groups is 1. The second kappa shape index (κ2) is 9.15. The predicted octanol–water partition coefficient (Wildman–Crippen LogP) is 0.949. The number of aliphatic hydroxyl groups excluding tert-OH is 1. The molecule has 1 aliphatic rings. The average Bonchev–Trinajstić information content (AvgIpc) is 3.03. The molecule has 1 atom stereocenters. The quantitative estimate of drug-likeness (QED) is 0.734. The molecule has 1 amide bonds. The summed E-state index contributed by atoms with van der Waals surface area (Å²) in [6.07, 6.45) is 2.05. The molecule has 2 rings (SSSR count). The van der Waals surface area contributed by atoms with Crippen molar-refractivity contribution in [2.24, 2.45) is 5.92 Å². The minimum absolute atomic E-state index is 0.181. The molecule has 0 spiro atoms. The number of aromatic nitrogens is 1. The summed E-state index contributed by atoms with van der Waals surface area (Å²) in [5, 5.41) is 12.8. The topological polar surface area (TPSA) is 81.8 Å². The lowest BCUT2D eigenvalue weighted by atomic mass is 10.1. The first-order valence-electron chi connectivity index (χ1n) is 8.85. The van der Waals surface area contributed by atoms with Crippen LogP contribution in [0.4, 0.5) is 0 Å². The smallest absolute Gasteiger partial charge is 0.273 e. The van der Waals surface area contributed by atoms with Gasteiger partial charge < -0.3 is 14.8 Å². The zero-order valence-electron chi connectivity index (χ0n) is 15.0. The summed E-state index contributed by atoms with van der Waals surface area (Å²) in [6.45, 7) is 11.7. The van der Waals surface area contributed by atoms with Gasteiger partial charge in [-0.1, -0.05) is 20.8 Å². The minimum atomic E-state index is -0.271. The molecule has 0 saturated carbocycles. The summed E-state index contributed by atoms with van der Waals surface area (Å²) in [5.41, 5.74) is 0.345. The molecule has 7 nitrogen and oxygen atoms in total. The fourth-order valence-corrected chi connectivity index (χ4v) is 2.61. The number of carbonyl (C=O) groups excluding carboxylic acids is 1. The Labute approximate surface area is 144 Å². The Balaban J connectivity index is 1.76. The van der Waals surface area contributed by atoms with Crippen molar-refractivity contribution in [2.75, 3.05) is 39.3 Å². The van der Waals surface area contributed by atoms with E-state index in [9.17, 15) is 9.90 Å². The number of oxazole rings is 1. The molecular weight excluding hydrogens is 308 g/mol. The van der Waals surface area contributed by atoms with E-state index in [0.717, 1.165) is 39.1 Å². The summed E-state index contributed by atoms with van der Waals surface area (Å²) in [6, 6.07) is 0. The Morgan fingerprint density at radius 2 is 2.00 bits per heavy atom. The number of hydrogen-bond donors (Lipinski definition) is 2. The number of amides is 1. The molecule has 24 heavy (non-hydrogen) atoms. The number of nitrogens with zero attached hydrogens (tertiary/aromatic N) is 3. The molecule has 0 radical (unpaired) electrons. The maximum atomic E-state index is 11.8. The van der Waals surface area contributed by atoms with Gasteiger partial charge in [-0.15, -0.1) is 0 Å². The molecule has 1 aromatic rings. The van der Waals surface area contributed by atoms with Crippen LogP contribution in [-0.2, 0) is 6.54 Å². The molecule has 1 aromatic heterocycles. The largest absolute Gasteiger partial charge is 0.447 e. The van der Waals surface area contributed by atoms with Gasteiger partial charge in [0.2, 0.25) is 5.89 Å². The third kappa shape index (κ3) is 5.58. The van der Waals surface area contributed by atoms with Crippen molar-refractivity contribution in [2.45, 2.75) is 39.8 Å². The van der Waals surface area contributed by atoms with Gasteiger partial charge in [0.05, 0.1) is 12.6 Å². The number of hydrogen-bond acceptors (Lipinski definition) is 6. The van der Waals surface area contributed by atoms with Crippen molar-refractivity contribution in [1.29, 1.82) is 0 Å². The van der Waals surface area contributed by atoms with Crippen LogP contribution in [0.25, 0.3) is 0 Å². The van der Waals surface area contributed by atoms with Gasteiger partial charge in [0.25, 0.3) is 5.91 Å². The molecule has 7 heteroatoms. The highest BCUT2D eigenvalue weighted by Crippen LogP contribution is 2.11. The second-order valence-electron chi connectivity index (χ2n) is 6.77. The Kier molecular flexibility index (Phi) is 7.20. The molecule has 2 heterocycles. The maximum absolute atomic E-state index is 11.8. The van der Waals surface area contributed by atoms with E-state index < -0.39 is 0 Å². The molecule has 0 aromatic carbocycles. The molecule has 2 N–H and O–H groups in total. The standard InChI is InChI=1S/C17H30N4O3/c1-4-5-18-17(23)14-12-24-16(19-14)11-21-8-6-20(7-9-21)10-15(22)13(2)3/h12-13,15,22H,4-11H2,1-3H3,(H,18,23). The van der Waals surface area contributed by atoms with Crippen LogP contribution < -0.4 is 5.32 Å². The van der Waals surface area contributed by atoms with Gasteiger partial charge in [-0.2, -0.15) is 0 Å². The number of piperazine rings is 1. The molecule has 1 aliphatic heterocycles. The maximum Gasteiger partial charge on any atom is 0.273 e. The number of β-amino-alcohol motifs (C(OH)–C–C–N with tert-alkyl or cyclic N) is 1. The molecule has 0 bridgehead atoms. The van der Waals surface area contributed by atoms with Crippen LogP contribution in [-0.4, -0.2) is 71.2 Å². The van der Waals surface area contributed by atoms with Crippen LogP contribution in [0.1, 0.15) is 43.6 Å². The van der Waals surface area contributed by atoms with Gasteiger partial charge in [-0.25, -0.2) is 4.98 Å². The van der Waals surface area contributed by atoms with Crippen molar-refractivity contribution >= 4 is 5.91 Å². The van der Waals surface area contributed by atoms with Crippen molar-refractivity contribution < 1.29 is 14.3 Å². The SMILES string of the molecule is CCCNC(=O)c1coc(CN2CCN(CC(O)C(C)C)CC2)n1. The van der Waals surface area contributed by atoms with Gasteiger partial charge >= 0.3 is 0 Å². The predicted molar refractivity (Wildman–Crippen MR) is 91.7 cm³/mol. The third-order valence-corrected chi connectivity index (χ3v) is 4.36. The van der Waals surface area contributed by atoms with Crippen molar-refractivity contribution in [1.82, 2.24) is 20.1 Å². The average molecular weight is 338 g/mol. The Bertz CT molecular complexity index is 510. The summed E-state index contributed by atoms with van der Waals surface area (Å²) >= 11 is 0. The van der Waals surface area contributed by atoms with E-state index in [2.05, 4.69) is 20.1 Å². The van der Waals surface area contributed by atoms with Crippen LogP contribution in [0, 0.1) is 5.92 Å². The number of nitrogens with one attached hydrogen (secondary N) is 1. The molecule has 1 fully saturated rings. The molecule has 0 aliphatic carbocycles. The van der Waals surface area contributed by atoms with E-state index in [1.54, 1.807) is 0 Å². The third-order valence-electron chi connectivity index (χ3n) is 4.36. The fraction of sp³-hybridized carbons (Fsp3) is 0.765. The first-order valence-corrected chi connectivity index (χ1v) is 8.85. The molecule has 1 saturated heterocycles. The monoisotopic (exact) mass is 338 g/mol. The van der Waals surface area contributed by atoms with Crippen molar-refractivity contribution in [3.63, 3.8) is 0 Å². The number of rotatable bonds is 8. The minimum Gasteiger partial charge on any atom is -0.447 e. The van der Waals surface area contributed by atoms with Gasteiger partial charge in [0, 0.05) is 39.3 Å². The van der Waals surface area contributed by atoms with Crippen molar-refractivity contribution in [3.05, 3.63) is 17.8 Å².